The Bertz CT molecular complexity index is 1410. The average Bonchev–Trinajstić information content (AvgIpc) is 3.22. The predicted octanol–water partition coefficient (Wildman–Crippen LogP) is 3.43. The van der Waals surface area contributed by atoms with Gasteiger partial charge in [0.1, 0.15) is 11.4 Å². The lowest BCUT2D eigenvalue weighted by molar-refractivity contribution is 0.347. The molecule has 170 valence electrons. The van der Waals surface area contributed by atoms with Crippen LogP contribution in [0.3, 0.4) is 0 Å². The Morgan fingerprint density at radius 2 is 1.61 bits per heavy atom. The van der Waals surface area contributed by atoms with Crippen LogP contribution in [0.5, 0.6) is 23.1 Å². The number of pyridine rings is 1. The smallest absolute Gasteiger partial charge is 0.265 e. The molecule has 0 atom stereocenters. The molecule has 4 rings (SSSR count). The van der Waals surface area contributed by atoms with Crippen LogP contribution >= 0.6 is 11.3 Å². The van der Waals surface area contributed by atoms with Gasteiger partial charge in [-0.3, -0.25) is 4.98 Å². The van der Waals surface area contributed by atoms with Gasteiger partial charge in [0.25, 0.3) is 15.9 Å². The van der Waals surface area contributed by atoms with Gasteiger partial charge in [-0.25, -0.2) is 23.5 Å². The molecule has 2 N–H and O–H groups in total. The molecule has 3 heterocycles. The van der Waals surface area contributed by atoms with Crippen molar-refractivity contribution in [1.29, 1.82) is 0 Å². The summed E-state index contributed by atoms with van der Waals surface area (Å²) in [5.41, 5.74) is 1.20. The topological polar surface area (TPSA) is 139 Å². The Morgan fingerprint density at radius 3 is 2.21 bits per heavy atom. The highest BCUT2D eigenvalue weighted by molar-refractivity contribution is 7.91. The highest BCUT2D eigenvalue weighted by atomic mass is 32.2. The van der Waals surface area contributed by atoms with E-state index < -0.39 is 10.0 Å². The van der Waals surface area contributed by atoms with Crippen LogP contribution in [-0.4, -0.2) is 42.6 Å². The Labute approximate surface area is 194 Å². The minimum Gasteiger partial charge on any atom is -0.493 e. The summed E-state index contributed by atoms with van der Waals surface area (Å²) < 4.78 is 40.6. The largest absolute Gasteiger partial charge is 0.493 e. The zero-order valence-corrected chi connectivity index (χ0v) is 19.5. The number of thiazole rings is 1. The molecule has 0 aliphatic carbocycles. The predicted molar refractivity (Wildman–Crippen MR) is 122 cm³/mol. The number of aryl methyl sites for hydroxylation is 1. The summed E-state index contributed by atoms with van der Waals surface area (Å²) in [6.45, 7) is 1.72. The van der Waals surface area contributed by atoms with Gasteiger partial charge in [-0.2, -0.15) is 4.98 Å². The molecule has 0 aliphatic heterocycles. The number of sulfonamides is 1. The number of aromatic nitrogens is 4. The average molecular weight is 486 g/mol. The fourth-order valence-corrected chi connectivity index (χ4v) is 4.67. The van der Waals surface area contributed by atoms with Crippen molar-refractivity contribution in [2.45, 2.75) is 11.3 Å². The standard InChI is InChI=1S/C21H19N5O5S2/c1-12-16(25-21(32-12)33(22,27)28)17-18(31-15-7-5-4-6-14(15)29-2)20(30-3)26-19(24-17)13-8-10-23-11-9-13/h4-11H,1-3H3,(H2,22,27,28). The van der Waals surface area contributed by atoms with Gasteiger partial charge in [-0.05, 0) is 31.2 Å². The van der Waals surface area contributed by atoms with Crippen LogP contribution in [0.1, 0.15) is 4.88 Å². The van der Waals surface area contributed by atoms with Gasteiger partial charge in [-0.1, -0.05) is 12.1 Å². The maximum Gasteiger partial charge on any atom is 0.265 e. The summed E-state index contributed by atoms with van der Waals surface area (Å²) in [5.74, 6) is 1.46. The van der Waals surface area contributed by atoms with Crippen molar-refractivity contribution >= 4 is 21.4 Å². The van der Waals surface area contributed by atoms with Gasteiger partial charge >= 0.3 is 0 Å². The summed E-state index contributed by atoms with van der Waals surface area (Å²) in [4.78, 5) is 18.0. The molecule has 0 saturated carbocycles. The van der Waals surface area contributed by atoms with Crippen molar-refractivity contribution in [1.82, 2.24) is 19.9 Å². The number of hydrogen-bond donors (Lipinski definition) is 1. The first-order chi connectivity index (χ1) is 15.8. The quantitative estimate of drug-likeness (QED) is 0.417. The van der Waals surface area contributed by atoms with Crippen LogP contribution in [0.4, 0.5) is 0 Å². The van der Waals surface area contributed by atoms with Crippen LogP contribution in [0, 0.1) is 6.92 Å². The number of nitrogens with two attached hydrogens (primary N) is 1. The lowest BCUT2D eigenvalue weighted by Gasteiger charge is -2.16. The highest BCUT2D eigenvalue weighted by Gasteiger charge is 2.26. The van der Waals surface area contributed by atoms with Crippen LogP contribution in [0.15, 0.2) is 53.1 Å². The fourth-order valence-electron chi connectivity index (χ4n) is 2.98. The van der Waals surface area contributed by atoms with Crippen molar-refractivity contribution in [3.05, 3.63) is 53.7 Å². The summed E-state index contributed by atoms with van der Waals surface area (Å²) in [7, 11) is -1.04. The van der Waals surface area contributed by atoms with E-state index in [0.717, 1.165) is 11.3 Å². The minimum absolute atomic E-state index is 0.127. The molecule has 10 nitrogen and oxygen atoms in total. The van der Waals surface area contributed by atoms with Crippen molar-refractivity contribution < 1.29 is 22.6 Å². The molecule has 12 heteroatoms. The molecule has 33 heavy (non-hydrogen) atoms. The van der Waals surface area contributed by atoms with E-state index in [0.29, 0.717) is 27.8 Å². The fraction of sp³-hybridized carbons (Fsp3) is 0.143. The Kier molecular flexibility index (Phi) is 6.22. The van der Waals surface area contributed by atoms with E-state index in [4.69, 9.17) is 19.3 Å². The normalized spacial score (nSPS) is 11.3. The molecule has 4 aromatic rings. The third kappa shape index (κ3) is 4.62. The zero-order valence-electron chi connectivity index (χ0n) is 17.8. The van der Waals surface area contributed by atoms with Gasteiger partial charge in [-0.15, -0.1) is 11.3 Å². The number of benzene rings is 1. The second kappa shape index (κ2) is 9.10. The molecule has 0 saturated heterocycles. The summed E-state index contributed by atoms with van der Waals surface area (Å²) in [6, 6.07) is 10.5. The van der Waals surface area contributed by atoms with Gasteiger partial charge in [0.15, 0.2) is 17.3 Å². The van der Waals surface area contributed by atoms with Crippen LogP contribution in [0.2, 0.25) is 0 Å². The van der Waals surface area contributed by atoms with Crippen molar-refractivity contribution in [2.75, 3.05) is 14.2 Å². The lowest BCUT2D eigenvalue weighted by atomic mass is 10.2. The number of para-hydroxylation sites is 2. The third-order valence-corrected chi connectivity index (χ3v) is 6.78. The van der Waals surface area contributed by atoms with Crippen LogP contribution < -0.4 is 19.3 Å². The SMILES string of the molecule is COc1ccccc1Oc1c(OC)nc(-c2ccncc2)nc1-c1nc(S(N)(=O)=O)sc1C. The van der Waals surface area contributed by atoms with E-state index in [-0.39, 0.29) is 27.4 Å². The molecule has 3 aromatic heterocycles. The molecular weight excluding hydrogens is 466 g/mol. The molecule has 1 aromatic carbocycles. The number of rotatable bonds is 7. The van der Waals surface area contributed by atoms with Crippen LogP contribution in [-0.2, 0) is 10.0 Å². The summed E-state index contributed by atoms with van der Waals surface area (Å²) in [6.07, 6.45) is 3.22. The second-order valence-electron chi connectivity index (χ2n) is 6.65. The molecule has 0 bridgehead atoms. The first-order valence-corrected chi connectivity index (χ1v) is 11.9. The Morgan fingerprint density at radius 1 is 0.909 bits per heavy atom. The van der Waals surface area contributed by atoms with Gasteiger partial charge < -0.3 is 14.2 Å². The minimum atomic E-state index is -4.01. The van der Waals surface area contributed by atoms with E-state index in [9.17, 15) is 8.42 Å². The van der Waals surface area contributed by atoms with Crippen molar-refractivity contribution in [2.24, 2.45) is 5.14 Å². The molecule has 0 fully saturated rings. The maximum absolute atomic E-state index is 11.9. The highest BCUT2D eigenvalue weighted by Crippen LogP contribution is 2.43. The van der Waals surface area contributed by atoms with E-state index in [2.05, 4.69) is 19.9 Å². The molecule has 0 aliphatic rings. The van der Waals surface area contributed by atoms with Gasteiger partial charge in [0.2, 0.25) is 10.1 Å². The monoisotopic (exact) mass is 485 g/mol. The number of nitrogens with zero attached hydrogens (tertiary/aromatic N) is 4. The number of methoxy groups -OCH3 is 2. The van der Waals surface area contributed by atoms with E-state index in [1.54, 1.807) is 55.7 Å². The lowest BCUT2D eigenvalue weighted by Crippen LogP contribution is -2.11. The molecule has 0 amide bonds. The Balaban J connectivity index is 1.98. The second-order valence-corrected chi connectivity index (χ2v) is 9.59. The first-order valence-electron chi connectivity index (χ1n) is 9.49. The van der Waals surface area contributed by atoms with Gasteiger partial charge in [0, 0.05) is 22.8 Å². The summed E-state index contributed by atoms with van der Waals surface area (Å²) >= 11 is 0.938. The van der Waals surface area contributed by atoms with Gasteiger partial charge in [0.05, 0.1) is 14.2 Å². The first kappa shape index (κ1) is 22.6. The van der Waals surface area contributed by atoms with E-state index in [1.165, 1.54) is 14.2 Å². The molecule has 0 unspecified atom stereocenters. The van der Waals surface area contributed by atoms with Crippen molar-refractivity contribution in [3.8, 4) is 45.9 Å². The number of hydrogen-bond acceptors (Lipinski definition) is 10. The maximum atomic E-state index is 11.9. The summed E-state index contributed by atoms with van der Waals surface area (Å²) in [5, 5.41) is 5.30. The number of primary sulfonamides is 1. The zero-order chi connectivity index (χ0) is 23.6. The molecule has 0 spiro atoms. The van der Waals surface area contributed by atoms with Crippen LogP contribution in [0.25, 0.3) is 22.8 Å². The molecular formula is C21H19N5O5S2. The molecule has 0 radical (unpaired) electrons. The van der Waals surface area contributed by atoms with E-state index >= 15 is 0 Å². The Hall–Kier alpha value is -3.61. The van der Waals surface area contributed by atoms with E-state index in [1.807, 2.05) is 0 Å². The third-order valence-electron chi connectivity index (χ3n) is 4.49. The van der Waals surface area contributed by atoms with Crippen molar-refractivity contribution in [3.63, 3.8) is 0 Å². The number of ether oxygens (including phenoxy) is 3.